The standard InChI is InChI=1S/C27H56O5Si/c1-19(2)26(20(3)4,15-14-16-29-17-25-18-30-25)31-33(28-13,24(11)12)32-27(21(5)6,22(7)8)23(9)10/h19-25H,14-18H2,1-13H3. The van der Waals surface area contributed by atoms with Crippen LogP contribution in [-0.2, 0) is 22.8 Å². The predicted molar refractivity (Wildman–Crippen MR) is 139 cm³/mol. The van der Waals surface area contributed by atoms with Gasteiger partial charge in [0.1, 0.15) is 6.10 Å². The van der Waals surface area contributed by atoms with Crippen molar-refractivity contribution in [2.75, 3.05) is 26.9 Å². The normalized spacial score (nSPS) is 19.5. The molecule has 0 aromatic rings. The maximum Gasteiger partial charge on any atom is 0.504 e. The summed E-state index contributed by atoms with van der Waals surface area (Å²) >= 11 is 0. The summed E-state index contributed by atoms with van der Waals surface area (Å²) < 4.78 is 32.1. The van der Waals surface area contributed by atoms with Crippen molar-refractivity contribution < 1.29 is 22.8 Å². The van der Waals surface area contributed by atoms with E-state index in [0.717, 1.165) is 26.1 Å². The molecule has 0 bridgehead atoms. The maximum atomic E-state index is 7.32. The molecule has 0 spiro atoms. The summed E-state index contributed by atoms with van der Waals surface area (Å²) in [6.07, 6.45) is 2.17. The minimum atomic E-state index is -3.07. The lowest BCUT2D eigenvalue weighted by atomic mass is 9.73. The van der Waals surface area contributed by atoms with E-state index in [0.29, 0.717) is 42.3 Å². The molecule has 0 aromatic carbocycles. The van der Waals surface area contributed by atoms with Crippen molar-refractivity contribution in [3.05, 3.63) is 0 Å². The summed E-state index contributed by atoms with van der Waals surface area (Å²) in [5.74, 6) is 1.66. The quantitative estimate of drug-likeness (QED) is 0.126. The second-order valence-electron chi connectivity index (χ2n) is 11.9. The molecule has 0 saturated carbocycles. The molecule has 0 aromatic heterocycles. The van der Waals surface area contributed by atoms with Crippen LogP contribution in [0.1, 0.15) is 95.9 Å². The molecule has 6 heteroatoms. The van der Waals surface area contributed by atoms with E-state index >= 15 is 0 Å². The second kappa shape index (κ2) is 12.8. The molecule has 33 heavy (non-hydrogen) atoms. The molecule has 0 radical (unpaired) electrons. The minimum absolute atomic E-state index is 0.151. The van der Waals surface area contributed by atoms with Gasteiger partial charge in [0.2, 0.25) is 0 Å². The summed E-state index contributed by atoms with van der Waals surface area (Å²) in [4.78, 5) is 0. The van der Waals surface area contributed by atoms with Crippen LogP contribution in [0.3, 0.4) is 0 Å². The molecule has 1 rings (SSSR count). The third-order valence-corrected chi connectivity index (χ3v) is 11.2. The van der Waals surface area contributed by atoms with Gasteiger partial charge in [-0.3, -0.25) is 0 Å². The molecule has 0 N–H and O–H groups in total. The van der Waals surface area contributed by atoms with E-state index in [1.807, 2.05) is 0 Å². The van der Waals surface area contributed by atoms with Gasteiger partial charge in [-0.05, 0) is 42.4 Å². The Labute approximate surface area is 207 Å². The van der Waals surface area contributed by atoms with Crippen molar-refractivity contribution >= 4 is 8.80 Å². The summed E-state index contributed by atoms with van der Waals surface area (Å²) in [6.45, 7) is 29.4. The fourth-order valence-electron chi connectivity index (χ4n) is 5.80. The van der Waals surface area contributed by atoms with Crippen LogP contribution in [0.2, 0.25) is 5.54 Å². The van der Waals surface area contributed by atoms with E-state index < -0.39 is 8.80 Å². The summed E-state index contributed by atoms with van der Waals surface area (Å²) in [5, 5.41) is 0. The minimum Gasteiger partial charge on any atom is -0.379 e. The highest BCUT2D eigenvalue weighted by Gasteiger charge is 2.58. The highest BCUT2D eigenvalue weighted by molar-refractivity contribution is 6.62. The zero-order chi connectivity index (χ0) is 25.6. The predicted octanol–water partition coefficient (Wildman–Crippen LogP) is 6.97. The van der Waals surface area contributed by atoms with Crippen LogP contribution in [0.25, 0.3) is 0 Å². The van der Waals surface area contributed by atoms with E-state index in [1.165, 1.54) is 0 Å². The number of epoxide rings is 1. The third-order valence-electron chi connectivity index (χ3n) is 7.87. The molecule has 198 valence electrons. The number of hydrogen-bond acceptors (Lipinski definition) is 5. The van der Waals surface area contributed by atoms with Crippen LogP contribution >= 0.6 is 0 Å². The van der Waals surface area contributed by atoms with Gasteiger partial charge in [0.05, 0.1) is 24.4 Å². The Bertz CT molecular complexity index is 527. The molecule has 1 saturated heterocycles. The van der Waals surface area contributed by atoms with Gasteiger partial charge in [0.25, 0.3) is 0 Å². The molecule has 0 amide bonds. The number of hydrogen-bond donors (Lipinski definition) is 0. The Morgan fingerprint density at radius 3 is 1.61 bits per heavy atom. The molecule has 1 heterocycles. The molecule has 1 aliphatic heterocycles. The molecule has 1 aliphatic rings. The average Bonchev–Trinajstić information content (AvgIpc) is 3.52. The molecule has 2 atom stereocenters. The van der Waals surface area contributed by atoms with Gasteiger partial charge in [-0.25, -0.2) is 0 Å². The van der Waals surface area contributed by atoms with Crippen LogP contribution < -0.4 is 0 Å². The van der Waals surface area contributed by atoms with E-state index in [1.54, 1.807) is 7.11 Å². The van der Waals surface area contributed by atoms with Crippen molar-refractivity contribution in [2.24, 2.45) is 29.6 Å². The fourth-order valence-corrected chi connectivity index (χ4v) is 9.25. The molecule has 0 aliphatic carbocycles. The smallest absolute Gasteiger partial charge is 0.379 e. The summed E-state index contributed by atoms with van der Waals surface area (Å²) in [7, 11) is -1.27. The number of rotatable bonds is 17. The zero-order valence-corrected chi connectivity index (χ0v) is 25.1. The van der Waals surface area contributed by atoms with E-state index in [9.17, 15) is 0 Å². The summed E-state index contributed by atoms with van der Waals surface area (Å²) in [6, 6.07) is 0. The van der Waals surface area contributed by atoms with E-state index in [2.05, 4.69) is 83.1 Å². The number of ether oxygens (including phenoxy) is 2. The van der Waals surface area contributed by atoms with Gasteiger partial charge in [0.15, 0.2) is 0 Å². The molecule has 2 unspecified atom stereocenters. The lowest BCUT2D eigenvalue weighted by Gasteiger charge is -2.54. The molecular weight excluding hydrogens is 432 g/mol. The lowest BCUT2D eigenvalue weighted by Crippen LogP contribution is -2.64. The molecule has 5 nitrogen and oxygen atoms in total. The first-order valence-electron chi connectivity index (χ1n) is 13.4. The van der Waals surface area contributed by atoms with E-state index in [-0.39, 0.29) is 16.7 Å². The Morgan fingerprint density at radius 1 is 0.788 bits per heavy atom. The van der Waals surface area contributed by atoms with Crippen LogP contribution in [0, 0.1) is 29.6 Å². The van der Waals surface area contributed by atoms with Gasteiger partial charge in [-0.15, -0.1) is 0 Å². The zero-order valence-electron chi connectivity index (χ0n) is 24.1. The van der Waals surface area contributed by atoms with E-state index in [4.69, 9.17) is 22.8 Å². The van der Waals surface area contributed by atoms with Crippen molar-refractivity contribution in [1.29, 1.82) is 0 Å². The van der Waals surface area contributed by atoms with Crippen LogP contribution in [0.15, 0.2) is 0 Å². The molecule has 1 fully saturated rings. The SMILES string of the molecule is CO[Si](OC(CCCOCC1CO1)(C(C)C)C(C)C)(OC(C(C)C)(C(C)C)C(C)C)C(C)C. The Morgan fingerprint density at radius 2 is 1.27 bits per heavy atom. The van der Waals surface area contributed by atoms with Crippen molar-refractivity contribution in [3.63, 3.8) is 0 Å². The van der Waals surface area contributed by atoms with Gasteiger partial charge in [-0.2, -0.15) is 0 Å². The fraction of sp³-hybridized carbons (Fsp3) is 1.00. The first-order valence-corrected chi connectivity index (χ1v) is 15.2. The van der Waals surface area contributed by atoms with Crippen molar-refractivity contribution in [2.45, 2.75) is 119 Å². The highest BCUT2D eigenvalue weighted by atomic mass is 28.4. The van der Waals surface area contributed by atoms with Crippen LogP contribution in [0.5, 0.6) is 0 Å². The Hall–Kier alpha value is 0.0169. The first-order chi connectivity index (χ1) is 15.2. The second-order valence-corrected chi connectivity index (χ2v) is 15.1. The van der Waals surface area contributed by atoms with Crippen molar-refractivity contribution in [3.8, 4) is 0 Å². The van der Waals surface area contributed by atoms with Gasteiger partial charge >= 0.3 is 8.80 Å². The van der Waals surface area contributed by atoms with Gasteiger partial charge < -0.3 is 22.8 Å². The Balaban J connectivity index is 3.30. The topological polar surface area (TPSA) is 49.5 Å². The summed E-state index contributed by atoms with van der Waals surface area (Å²) in [5.41, 5.74) is -0.513. The monoisotopic (exact) mass is 488 g/mol. The molecular formula is C27H56O5Si. The largest absolute Gasteiger partial charge is 0.504 e. The van der Waals surface area contributed by atoms with Crippen LogP contribution in [-0.4, -0.2) is 53.0 Å². The average molecular weight is 489 g/mol. The first kappa shape index (κ1) is 31.0. The van der Waals surface area contributed by atoms with Crippen LogP contribution in [0.4, 0.5) is 0 Å². The van der Waals surface area contributed by atoms with Gasteiger partial charge in [-0.1, -0.05) is 83.1 Å². The van der Waals surface area contributed by atoms with Crippen molar-refractivity contribution in [1.82, 2.24) is 0 Å². The Kier molecular flexibility index (Phi) is 12.1. The third kappa shape index (κ3) is 7.26. The highest BCUT2D eigenvalue weighted by Crippen LogP contribution is 2.47. The maximum absolute atomic E-state index is 7.32. The van der Waals surface area contributed by atoms with Gasteiger partial charge in [0, 0.05) is 19.3 Å². The lowest BCUT2D eigenvalue weighted by molar-refractivity contribution is -0.153.